The van der Waals surface area contributed by atoms with Crippen molar-refractivity contribution in [1.29, 1.82) is 0 Å². The van der Waals surface area contributed by atoms with Crippen LogP contribution in [0.4, 0.5) is 5.95 Å². The van der Waals surface area contributed by atoms with Gasteiger partial charge in [0.2, 0.25) is 5.95 Å². The molecule has 7 heteroatoms. The third-order valence-corrected chi connectivity index (χ3v) is 6.86. The molecule has 156 valence electrons. The summed E-state index contributed by atoms with van der Waals surface area (Å²) < 4.78 is 6.61. The van der Waals surface area contributed by atoms with Gasteiger partial charge in [-0.25, -0.2) is 9.97 Å². The Morgan fingerprint density at radius 2 is 1.73 bits per heavy atom. The van der Waals surface area contributed by atoms with Gasteiger partial charge in [-0.3, -0.25) is 4.90 Å². The number of thioether (sulfide) groups is 1. The Balaban J connectivity index is 1.38. The van der Waals surface area contributed by atoms with Gasteiger partial charge in [0.25, 0.3) is 0 Å². The predicted octanol–water partition coefficient (Wildman–Crippen LogP) is 4.86. The Bertz CT molecular complexity index is 964. The first-order valence-electron chi connectivity index (χ1n) is 10.0. The molecule has 0 spiro atoms. The van der Waals surface area contributed by atoms with Crippen molar-refractivity contribution < 1.29 is 4.74 Å². The summed E-state index contributed by atoms with van der Waals surface area (Å²) in [7, 11) is 1.73. The molecule has 1 aromatic heterocycles. The van der Waals surface area contributed by atoms with Crippen LogP contribution < -0.4 is 9.64 Å². The van der Waals surface area contributed by atoms with Crippen LogP contribution in [0.2, 0.25) is 0 Å². The van der Waals surface area contributed by atoms with Gasteiger partial charge in [0.15, 0.2) is 0 Å². The van der Waals surface area contributed by atoms with E-state index >= 15 is 0 Å². The number of benzene rings is 2. The van der Waals surface area contributed by atoms with E-state index in [2.05, 4.69) is 66.0 Å². The number of ether oxygens (including phenoxy) is 1. The van der Waals surface area contributed by atoms with E-state index in [1.54, 1.807) is 7.11 Å². The van der Waals surface area contributed by atoms with E-state index in [4.69, 9.17) is 4.74 Å². The van der Waals surface area contributed by atoms with Crippen LogP contribution in [0.5, 0.6) is 5.75 Å². The zero-order valence-electron chi connectivity index (χ0n) is 17.0. The van der Waals surface area contributed by atoms with E-state index in [0.717, 1.165) is 54.6 Å². The average molecular weight is 485 g/mol. The second kappa shape index (κ2) is 10.3. The Hall–Kier alpha value is -2.09. The molecule has 0 amide bonds. The molecule has 0 bridgehead atoms. The molecule has 5 nitrogen and oxygen atoms in total. The number of methoxy groups -OCH3 is 1. The Morgan fingerprint density at radius 1 is 0.967 bits per heavy atom. The fourth-order valence-electron chi connectivity index (χ4n) is 3.59. The molecule has 1 aliphatic heterocycles. The first kappa shape index (κ1) is 21.2. The van der Waals surface area contributed by atoms with Crippen LogP contribution in [0.15, 0.2) is 70.3 Å². The number of rotatable bonds is 7. The molecule has 0 aliphatic carbocycles. The first-order chi connectivity index (χ1) is 14.7. The first-order valence-corrected chi connectivity index (χ1v) is 11.8. The molecule has 0 radical (unpaired) electrons. The predicted molar refractivity (Wildman–Crippen MR) is 126 cm³/mol. The number of halogens is 1. The molecule has 0 atom stereocenters. The van der Waals surface area contributed by atoms with Crippen molar-refractivity contribution in [2.24, 2.45) is 0 Å². The Kier molecular flexibility index (Phi) is 7.25. The molecule has 30 heavy (non-hydrogen) atoms. The highest BCUT2D eigenvalue weighted by Crippen LogP contribution is 2.32. The lowest BCUT2D eigenvalue weighted by Gasteiger charge is -2.34. The zero-order chi connectivity index (χ0) is 20.8. The smallest absolute Gasteiger partial charge is 0.225 e. The van der Waals surface area contributed by atoms with Gasteiger partial charge >= 0.3 is 0 Å². The molecule has 3 aromatic rings. The van der Waals surface area contributed by atoms with Gasteiger partial charge in [-0.15, -0.1) is 11.8 Å². The number of anilines is 1. The standard InChI is InChI=1S/C23H25BrN4OS/c1-29-21-8-7-20(24)15-19(21)17-30-22-6-3-2-5-18(22)16-27-11-13-28(14-12-27)23-25-9-4-10-26-23/h2-10,15H,11-14,16-17H2,1H3. The molecular weight excluding hydrogens is 460 g/mol. The molecule has 0 N–H and O–H groups in total. The summed E-state index contributed by atoms with van der Waals surface area (Å²) in [5.74, 6) is 2.64. The zero-order valence-corrected chi connectivity index (χ0v) is 19.4. The molecule has 1 fully saturated rings. The molecule has 0 unspecified atom stereocenters. The lowest BCUT2D eigenvalue weighted by molar-refractivity contribution is 0.247. The minimum Gasteiger partial charge on any atom is -0.496 e. The van der Waals surface area contributed by atoms with Gasteiger partial charge in [-0.1, -0.05) is 34.1 Å². The number of aromatic nitrogens is 2. The molecule has 4 rings (SSSR count). The molecule has 2 aromatic carbocycles. The van der Waals surface area contributed by atoms with Crippen molar-refractivity contribution >= 4 is 33.6 Å². The van der Waals surface area contributed by atoms with Crippen LogP contribution in [0.25, 0.3) is 0 Å². The summed E-state index contributed by atoms with van der Waals surface area (Å²) in [6.07, 6.45) is 3.62. The van der Waals surface area contributed by atoms with Gasteiger partial charge in [0.1, 0.15) is 5.75 Å². The lowest BCUT2D eigenvalue weighted by atomic mass is 10.2. The van der Waals surface area contributed by atoms with Gasteiger partial charge in [-0.2, -0.15) is 0 Å². The van der Waals surface area contributed by atoms with Crippen molar-refractivity contribution in [3.63, 3.8) is 0 Å². The Labute approximate surface area is 190 Å². The van der Waals surface area contributed by atoms with Crippen LogP contribution >= 0.6 is 27.7 Å². The van der Waals surface area contributed by atoms with E-state index in [0.29, 0.717) is 0 Å². The maximum Gasteiger partial charge on any atom is 0.225 e. The fraction of sp³-hybridized carbons (Fsp3) is 0.304. The third kappa shape index (κ3) is 5.33. The fourth-order valence-corrected chi connectivity index (χ4v) is 5.03. The van der Waals surface area contributed by atoms with Crippen molar-refractivity contribution in [1.82, 2.24) is 14.9 Å². The lowest BCUT2D eigenvalue weighted by Crippen LogP contribution is -2.46. The maximum atomic E-state index is 5.53. The number of piperazine rings is 1. The van der Waals surface area contributed by atoms with Crippen LogP contribution in [0.3, 0.4) is 0 Å². The van der Waals surface area contributed by atoms with E-state index < -0.39 is 0 Å². The van der Waals surface area contributed by atoms with Gasteiger partial charge < -0.3 is 9.64 Å². The number of hydrogen-bond acceptors (Lipinski definition) is 6. The highest BCUT2D eigenvalue weighted by atomic mass is 79.9. The largest absolute Gasteiger partial charge is 0.496 e. The van der Waals surface area contributed by atoms with E-state index in [1.807, 2.05) is 42.4 Å². The van der Waals surface area contributed by atoms with Crippen LogP contribution in [0, 0.1) is 0 Å². The van der Waals surface area contributed by atoms with E-state index in [9.17, 15) is 0 Å². The van der Waals surface area contributed by atoms with E-state index in [-0.39, 0.29) is 0 Å². The van der Waals surface area contributed by atoms with Gasteiger partial charge in [0.05, 0.1) is 7.11 Å². The summed E-state index contributed by atoms with van der Waals surface area (Å²) in [6.45, 7) is 4.89. The van der Waals surface area contributed by atoms with Crippen LogP contribution in [-0.4, -0.2) is 48.2 Å². The van der Waals surface area contributed by atoms with Crippen LogP contribution in [-0.2, 0) is 12.3 Å². The SMILES string of the molecule is COc1ccc(Br)cc1CSc1ccccc1CN1CCN(c2ncccn2)CC1. The normalized spacial score (nSPS) is 14.7. The summed E-state index contributed by atoms with van der Waals surface area (Å²) in [5.41, 5.74) is 2.57. The third-order valence-electron chi connectivity index (χ3n) is 5.20. The second-order valence-electron chi connectivity index (χ2n) is 7.16. The average Bonchev–Trinajstić information content (AvgIpc) is 2.80. The van der Waals surface area contributed by atoms with Crippen molar-refractivity contribution in [2.75, 3.05) is 38.2 Å². The van der Waals surface area contributed by atoms with E-state index in [1.165, 1.54) is 16.0 Å². The molecule has 1 saturated heterocycles. The number of hydrogen-bond donors (Lipinski definition) is 0. The molecule has 2 heterocycles. The summed E-state index contributed by atoms with van der Waals surface area (Å²) in [5, 5.41) is 0. The van der Waals surface area contributed by atoms with Crippen molar-refractivity contribution in [3.05, 3.63) is 76.5 Å². The minimum absolute atomic E-state index is 0.830. The second-order valence-corrected chi connectivity index (χ2v) is 9.10. The Morgan fingerprint density at radius 3 is 2.50 bits per heavy atom. The van der Waals surface area contributed by atoms with Crippen molar-refractivity contribution in [3.8, 4) is 5.75 Å². The minimum atomic E-state index is 0.830. The molecule has 1 aliphatic rings. The molecular formula is C23H25BrN4OS. The quantitative estimate of drug-likeness (QED) is 0.446. The van der Waals surface area contributed by atoms with Gasteiger partial charge in [0, 0.05) is 65.8 Å². The van der Waals surface area contributed by atoms with Crippen molar-refractivity contribution in [2.45, 2.75) is 17.2 Å². The van der Waals surface area contributed by atoms with Gasteiger partial charge in [-0.05, 0) is 35.9 Å². The maximum absolute atomic E-state index is 5.53. The monoisotopic (exact) mass is 484 g/mol. The highest BCUT2D eigenvalue weighted by Gasteiger charge is 2.19. The summed E-state index contributed by atoms with van der Waals surface area (Å²) >= 11 is 5.44. The number of nitrogens with zero attached hydrogens (tertiary/aromatic N) is 4. The topological polar surface area (TPSA) is 41.5 Å². The summed E-state index contributed by atoms with van der Waals surface area (Å²) in [4.78, 5) is 14.9. The highest BCUT2D eigenvalue weighted by molar-refractivity contribution is 9.10. The summed E-state index contributed by atoms with van der Waals surface area (Å²) in [6, 6.07) is 16.7. The molecule has 0 saturated carbocycles. The van der Waals surface area contributed by atoms with Crippen LogP contribution in [0.1, 0.15) is 11.1 Å².